The highest BCUT2D eigenvalue weighted by Crippen LogP contribution is 2.31. The summed E-state index contributed by atoms with van der Waals surface area (Å²) in [4.78, 5) is 38.6. The number of ether oxygens (including phenoxy) is 2. The highest BCUT2D eigenvalue weighted by Gasteiger charge is 2.52. The number of carbonyl (C=O) groups is 3. The molecule has 2 aromatic rings. The van der Waals surface area contributed by atoms with Gasteiger partial charge in [-0.05, 0) is 19.1 Å². The number of benzene rings is 2. The summed E-state index contributed by atoms with van der Waals surface area (Å²) in [6.07, 6.45) is -4.09. The second-order valence-corrected chi connectivity index (χ2v) is 7.78. The van der Waals surface area contributed by atoms with Crippen LogP contribution in [0, 0.1) is 0 Å². The number of esters is 1. The van der Waals surface area contributed by atoms with Crippen molar-refractivity contribution in [3.05, 3.63) is 83.8 Å². The number of ketones is 1. The molecule has 172 valence electrons. The number of urea groups is 1. The van der Waals surface area contributed by atoms with Crippen LogP contribution in [0.1, 0.15) is 27.6 Å². The van der Waals surface area contributed by atoms with Crippen LogP contribution in [0.3, 0.4) is 0 Å². The van der Waals surface area contributed by atoms with E-state index in [1.807, 2.05) is 0 Å². The number of carbonyl (C=O) groups excluding carboxylic acids is 3. The van der Waals surface area contributed by atoms with Crippen LogP contribution in [-0.4, -0.2) is 58.0 Å². The number of aliphatic hydroxyl groups is 1. The summed E-state index contributed by atoms with van der Waals surface area (Å²) in [6.45, 7) is 1.54. The molecule has 2 amide bonds. The van der Waals surface area contributed by atoms with E-state index in [0.717, 1.165) is 4.90 Å². The number of nitrogens with one attached hydrogen (secondary N) is 1. The maximum atomic E-state index is 15.0. The van der Waals surface area contributed by atoms with Gasteiger partial charge in [-0.25, -0.2) is 14.0 Å². The third-order valence-corrected chi connectivity index (χ3v) is 5.53. The first kappa shape index (κ1) is 22.6. The molecule has 2 aliphatic heterocycles. The second kappa shape index (κ2) is 8.74. The summed E-state index contributed by atoms with van der Waals surface area (Å²) in [5.41, 5.74) is 3.89. The van der Waals surface area contributed by atoms with E-state index >= 15 is 4.39 Å². The Morgan fingerprint density at radius 2 is 1.70 bits per heavy atom. The molecular weight excluding hydrogens is 433 g/mol. The van der Waals surface area contributed by atoms with Gasteiger partial charge in [-0.3, -0.25) is 15.4 Å². The van der Waals surface area contributed by atoms with Gasteiger partial charge in [0, 0.05) is 11.8 Å². The van der Waals surface area contributed by atoms with Crippen molar-refractivity contribution in [2.24, 2.45) is 5.73 Å². The average molecular weight is 455 g/mol. The van der Waals surface area contributed by atoms with Gasteiger partial charge in [0.1, 0.15) is 6.10 Å². The number of rotatable bonds is 5. The van der Waals surface area contributed by atoms with Gasteiger partial charge in [0.2, 0.25) is 11.4 Å². The SMILES string of the molecule is C[C@H]1O[C@@H](N2C=C(F)C(N)(C(=O)c3ccccc3)NC2=O)[C@H](O)[C@@H]1OC(=O)c1ccccc1. The van der Waals surface area contributed by atoms with Crippen LogP contribution in [-0.2, 0) is 9.47 Å². The van der Waals surface area contributed by atoms with Crippen molar-refractivity contribution in [3.8, 4) is 0 Å². The number of halogens is 1. The van der Waals surface area contributed by atoms with Crippen molar-refractivity contribution in [2.75, 3.05) is 0 Å². The molecule has 10 heteroatoms. The fraction of sp³-hybridized carbons (Fsp3) is 0.261. The van der Waals surface area contributed by atoms with E-state index in [9.17, 15) is 19.5 Å². The largest absolute Gasteiger partial charge is 0.453 e. The monoisotopic (exact) mass is 455 g/mol. The number of hydrogen-bond acceptors (Lipinski definition) is 7. The van der Waals surface area contributed by atoms with E-state index in [2.05, 4.69) is 5.32 Å². The van der Waals surface area contributed by atoms with Crippen molar-refractivity contribution < 1.29 is 33.4 Å². The second-order valence-electron chi connectivity index (χ2n) is 7.78. The van der Waals surface area contributed by atoms with Gasteiger partial charge in [-0.15, -0.1) is 0 Å². The van der Waals surface area contributed by atoms with Crippen LogP contribution in [0.15, 0.2) is 72.7 Å². The van der Waals surface area contributed by atoms with E-state index in [1.54, 1.807) is 55.5 Å². The maximum Gasteiger partial charge on any atom is 0.338 e. The molecule has 1 saturated heterocycles. The molecule has 2 aliphatic rings. The molecule has 2 heterocycles. The van der Waals surface area contributed by atoms with Crippen LogP contribution >= 0.6 is 0 Å². The molecule has 2 aromatic carbocycles. The van der Waals surface area contributed by atoms with Crippen LogP contribution in [0.5, 0.6) is 0 Å². The average Bonchev–Trinajstić information content (AvgIpc) is 3.10. The molecule has 1 unspecified atom stereocenters. The fourth-order valence-electron chi connectivity index (χ4n) is 3.73. The number of nitrogens with two attached hydrogens (primary N) is 1. The smallest absolute Gasteiger partial charge is 0.338 e. The lowest BCUT2D eigenvalue weighted by Gasteiger charge is -2.37. The Labute approximate surface area is 188 Å². The maximum absolute atomic E-state index is 15.0. The van der Waals surface area contributed by atoms with Gasteiger partial charge in [0.25, 0.3) is 0 Å². The van der Waals surface area contributed by atoms with Crippen molar-refractivity contribution in [1.82, 2.24) is 10.2 Å². The molecule has 0 aromatic heterocycles. The van der Waals surface area contributed by atoms with E-state index in [-0.39, 0.29) is 11.1 Å². The van der Waals surface area contributed by atoms with Gasteiger partial charge in [0.15, 0.2) is 18.2 Å². The number of amides is 2. The van der Waals surface area contributed by atoms with Crippen LogP contribution in [0.2, 0.25) is 0 Å². The van der Waals surface area contributed by atoms with Gasteiger partial charge in [-0.1, -0.05) is 48.5 Å². The first-order chi connectivity index (χ1) is 15.7. The Morgan fingerprint density at radius 3 is 2.30 bits per heavy atom. The van der Waals surface area contributed by atoms with Gasteiger partial charge >= 0.3 is 12.0 Å². The van der Waals surface area contributed by atoms with Crippen molar-refractivity contribution in [2.45, 2.75) is 37.1 Å². The normalized spacial score (nSPS) is 29.3. The van der Waals surface area contributed by atoms with Crippen LogP contribution in [0.4, 0.5) is 9.18 Å². The third kappa shape index (κ3) is 4.11. The predicted octanol–water partition coefficient (Wildman–Crippen LogP) is 1.69. The first-order valence-corrected chi connectivity index (χ1v) is 10.2. The zero-order valence-electron chi connectivity index (χ0n) is 17.6. The molecule has 0 bridgehead atoms. The van der Waals surface area contributed by atoms with Crippen molar-refractivity contribution in [3.63, 3.8) is 0 Å². The minimum atomic E-state index is -2.41. The molecule has 1 fully saturated rings. The Morgan fingerprint density at radius 1 is 1.12 bits per heavy atom. The quantitative estimate of drug-likeness (QED) is 0.462. The predicted molar refractivity (Wildman–Crippen MR) is 113 cm³/mol. The summed E-state index contributed by atoms with van der Waals surface area (Å²) in [7, 11) is 0. The van der Waals surface area contributed by atoms with Crippen molar-refractivity contribution >= 4 is 17.8 Å². The number of nitrogens with zero attached hydrogens (tertiary/aromatic N) is 1. The molecule has 0 saturated carbocycles. The molecule has 0 radical (unpaired) electrons. The van der Waals surface area contributed by atoms with Crippen LogP contribution < -0.4 is 11.1 Å². The lowest BCUT2D eigenvalue weighted by molar-refractivity contribution is -0.0527. The van der Waals surface area contributed by atoms with Crippen LogP contribution in [0.25, 0.3) is 0 Å². The van der Waals surface area contributed by atoms with E-state index in [4.69, 9.17) is 15.2 Å². The molecule has 0 aliphatic carbocycles. The summed E-state index contributed by atoms with van der Waals surface area (Å²) in [5, 5.41) is 12.9. The van der Waals surface area contributed by atoms with E-state index in [0.29, 0.717) is 6.20 Å². The zero-order valence-corrected chi connectivity index (χ0v) is 17.6. The summed E-state index contributed by atoms with van der Waals surface area (Å²) >= 11 is 0. The summed E-state index contributed by atoms with van der Waals surface area (Å²) < 4.78 is 26.0. The topological polar surface area (TPSA) is 131 Å². The fourth-order valence-corrected chi connectivity index (χ4v) is 3.73. The van der Waals surface area contributed by atoms with E-state index < -0.39 is 53.8 Å². The summed E-state index contributed by atoms with van der Waals surface area (Å²) in [6, 6.07) is 14.9. The molecule has 33 heavy (non-hydrogen) atoms. The molecule has 4 N–H and O–H groups in total. The lowest BCUT2D eigenvalue weighted by atomic mass is 9.96. The number of Topliss-reactive ketones (excluding diaryl/α,β-unsaturated/α-hetero) is 1. The minimum Gasteiger partial charge on any atom is -0.453 e. The molecule has 4 rings (SSSR count). The highest BCUT2D eigenvalue weighted by molar-refractivity contribution is 6.07. The Hall–Kier alpha value is -3.60. The van der Waals surface area contributed by atoms with E-state index in [1.165, 1.54) is 12.1 Å². The Bertz CT molecular complexity index is 1100. The molecule has 5 atom stereocenters. The lowest BCUT2D eigenvalue weighted by Crippen LogP contribution is -2.68. The molecular formula is C23H22FN3O6. The first-order valence-electron chi connectivity index (χ1n) is 10.2. The van der Waals surface area contributed by atoms with Gasteiger partial charge in [-0.2, -0.15) is 0 Å². The summed E-state index contributed by atoms with van der Waals surface area (Å²) in [5.74, 6) is -2.68. The standard InChI is InChI=1S/C23H22FN3O6/c1-13-18(33-21(30)15-10-6-3-7-11-15)17(28)20(32-13)27-12-16(24)23(25,26-22(27)31)19(29)14-8-4-2-5-9-14/h2-13,17-18,20,28H,25H2,1H3,(H,26,31)/t13-,17-,18-,20-,23?/m1/s1. The third-order valence-electron chi connectivity index (χ3n) is 5.53. The number of hydrogen-bond donors (Lipinski definition) is 3. The number of aliphatic hydroxyl groups excluding tert-OH is 1. The highest BCUT2D eigenvalue weighted by atomic mass is 19.1. The molecule has 9 nitrogen and oxygen atoms in total. The minimum absolute atomic E-state index is 0.107. The Kier molecular flexibility index (Phi) is 5.98. The van der Waals surface area contributed by atoms with Crippen molar-refractivity contribution in [1.29, 1.82) is 0 Å². The molecule has 0 spiro atoms. The zero-order chi connectivity index (χ0) is 23.8. The Balaban J connectivity index is 1.53. The van der Waals surface area contributed by atoms with Gasteiger partial charge in [0.05, 0.1) is 11.7 Å². The van der Waals surface area contributed by atoms with Gasteiger partial charge < -0.3 is 19.9 Å².